The molecule has 2 unspecified atom stereocenters. The number of nitrogens with one attached hydrogen (secondary N) is 1. The molecular weight excluding hydrogens is 246 g/mol. The molecule has 3 N–H and O–H groups in total. The summed E-state index contributed by atoms with van der Waals surface area (Å²) >= 11 is 0. The van der Waals surface area contributed by atoms with Crippen molar-refractivity contribution in [1.82, 2.24) is 5.32 Å². The molecule has 1 aromatic heterocycles. The number of carbonyl (C=O) groups excluding carboxylic acids is 1. The summed E-state index contributed by atoms with van der Waals surface area (Å²) in [6.45, 7) is -0.217. The number of furan rings is 1. The molecule has 17 heavy (non-hydrogen) atoms. The van der Waals surface area contributed by atoms with Gasteiger partial charge in [-0.15, -0.1) is 0 Å². The van der Waals surface area contributed by atoms with Gasteiger partial charge in [-0.3, -0.25) is 9.00 Å². The van der Waals surface area contributed by atoms with E-state index in [1.807, 2.05) is 0 Å². The van der Waals surface area contributed by atoms with Crippen LogP contribution in [-0.4, -0.2) is 44.5 Å². The number of aliphatic hydroxyl groups is 2. The van der Waals surface area contributed by atoms with E-state index in [-0.39, 0.29) is 24.0 Å². The van der Waals surface area contributed by atoms with Crippen LogP contribution in [0.3, 0.4) is 0 Å². The fourth-order valence-corrected chi connectivity index (χ4v) is 2.17. The van der Waals surface area contributed by atoms with Gasteiger partial charge in [0.2, 0.25) is 5.91 Å². The zero-order valence-corrected chi connectivity index (χ0v) is 9.98. The van der Waals surface area contributed by atoms with E-state index in [4.69, 9.17) is 14.6 Å². The van der Waals surface area contributed by atoms with Crippen LogP contribution < -0.4 is 5.32 Å². The first-order valence-electron chi connectivity index (χ1n) is 5.04. The lowest BCUT2D eigenvalue weighted by atomic mass is 10.4. The standard InChI is InChI=1S/C10H15NO5S/c12-5-8(13)6-17(15)7-10(14)11-4-9-2-1-3-16-9/h1-3,8,12-13H,4-7H2,(H,11,14). The predicted molar refractivity (Wildman–Crippen MR) is 61.5 cm³/mol. The number of amides is 1. The fraction of sp³-hybridized carbons (Fsp3) is 0.500. The number of aliphatic hydroxyl groups excluding tert-OH is 2. The molecule has 0 saturated heterocycles. The van der Waals surface area contributed by atoms with E-state index >= 15 is 0 Å². The molecule has 0 bridgehead atoms. The number of carbonyl (C=O) groups is 1. The van der Waals surface area contributed by atoms with Gasteiger partial charge in [0.25, 0.3) is 0 Å². The third-order valence-corrected chi connectivity index (χ3v) is 3.26. The Bertz CT molecular complexity index is 365. The average Bonchev–Trinajstić information content (AvgIpc) is 2.78. The average molecular weight is 261 g/mol. The first-order valence-corrected chi connectivity index (χ1v) is 6.53. The topological polar surface area (TPSA) is 99.8 Å². The molecule has 2 atom stereocenters. The van der Waals surface area contributed by atoms with Crippen LogP contribution in [0.15, 0.2) is 22.8 Å². The van der Waals surface area contributed by atoms with Crippen molar-refractivity contribution in [1.29, 1.82) is 0 Å². The minimum absolute atomic E-state index is 0.106. The van der Waals surface area contributed by atoms with Crippen molar-refractivity contribution < 1.29 is 23.6 Å². The van der Waals surface area contributed by atoms with E-state index in [1.165, 1.54) is 6.26 Å². The molecule has 0 saturated carbocycles. The second-order valence-corrected chi connectivity index (χ2v) is 4.94. The van der Waals surface area contributed by atoms with Gasteiger partial charge >= 0.3 is 0 Å². The van der Waals surface area contributed by atoms with Crippen molar-refractivity contribution in [3.8, 4) is 0 Å². The van der Waals surface area contributed by atoms with Gasteiger partial charge in [-0.1, -0.05) is 0 Å². The summed E-state index contributed by atoms with van der Waals surface area (Å²) in [4.78, 5) is 11.3. The Morgan fingerprint density at radius 1 is 1.59 bits per heavy atom. The molecular formula is C10H15NO5S. The lowest BCUT2D eigenvalue weighted by molar-refractivity contribution is -0.118. The van der Waals surface area contributed by atoms with Gasteiger partial charge in [0.05, 0.1) is 31.3 Å². The van der Waals surface area contributed by atoms with Gasteiger partial charge in [0, 0.05) is 10.8 Å². The molecule has 0 aliphatic rings. The summed E-state index contributed by atoms with van der Waals surface area (Å²) in [7, 11) is -1.48. The zero-order chi connectivity index (χ0) is 12.7. The van der Waals surface area contributed by atoms with Crippen LogP contribution in [0, 0.1) is 0 Å². The molecule has 0 radical (unpaired) electrons. The maximum atomic E-state index is 11.3. The van der Waals surface area contributed by atoms with Crippen molar-refractivity contribution in [3.05, 3.63) is 24.2 Å². The summed E-state index contributed by atoms with van der Waals surface area (Å²) in [5, 5.41) is 20.1. The molecule has 0 aromatic carbocycles. The molecule has 1 amide bonds. The maximum Gasteiger partial charge on any atom is 0.232 e. The molecule has 0 fully saturated rings. The van der Waals surface area contributed by atoms with Crippen LogP contribution in [0.4, 0.5) is 0 Å². The Morgan fingerprint density at radius 2 is 2.35 bits per heavy atom. The second-order valence-electron chi connectivity index (χ2n) is 3.44. The van der Waals surface area contributed by atoms with Crippen molar-refractivity contribution in [2.45, 2.75) is 12.6 Å². The van der Waals surface area contributed by atoms with E-state index in [9.17, 15) is 9.00 Å². The molecule has 1 aromatic rings. The molecule has 96 valence electrons. The molecule has 7 heteroatoms. The van der Waals surface area contributed by atoms with Crippen LogP contribution in [0.1, 0.15) is 5.76 Å². The monoisotopic (exact) mass is 261 g/mol. The number of hydrogen-bond donors (Lipinski definition) is 3. The highest BCUT2D eigenvalue weighted by Crippen LogP contribution is 1.98. The van der Waals surface area contributed by atoms with Gasteiger partial charge in [0.15, 0.2) is 0 Å². The Labute approximate surface area is 101 Å². The van der Waals surface area contributed by atoms with Crippen LogP contribution in [0.25, 0.3) is 0 Å². The normalized spacial score (nSPS) is 14.2. The smallest absolute Gasteiger partial charge is 0.232 e. The highest BCUT2D eigenvalue weighted by molar-refractivity contribution is 7.85. The van der Waals surface area contributed by atoms with Crippen LogP contribution in [-0.2, 0) is 22.1 Å². The Kier molecular flexibility index (Phi) is 5.88. The predicted octanol–water partition coefficient (Wildman–Crippen LogP) is -1.00. The second kappa shape index (κ2) is 7.21. The van der Waals surface area contributed by atoms with Crippen LogP contribution in [0.5, 0.6) is 0 Å². The highest BCUT2D eigenvalue weighted by atomic mass is 32.2. The lowest BCUT2D eigenvalue weighted by Gasteiger charge is -2.07. The van der Waals surface area contributed by atoms with Gasteiger partial charge in [0.1, 0.15) is 11.5 Å². The first-order chi connectivity index (χ1) is 8.11. The highest BCUT2D eigenvalue weighted by Gasteiger charge is 2.12. The quantitative estimate of drug-likeness (QED) is 0.584. The van der Waals surface area contributed by atoms with Gasteiger partial charge in [-0.25, -0.2) is 0 Å². The van der Waals surface area contributed by atoms with Crippen molar-refractivity contribution in [2.24, 2.45) is 0 Å². The van der Waals surface area contributed by atoms with E-state index in [0.29, 0.717) is 5.76 Å². The summed E-state index contributed by atoms with van der Waals surface area (Å²) in [5.41, 5.74) is 0. The van der Waals surface area contributed by atoms with E-state index in [1.54, 1.807) is 12.1 Å². The molecule has 1 heterocycles. The third kappa shape index (κ3) is 5.62. The Morgan fingerprint density at radius 3 is 2.94 bits per heavy atom. The van der Waals surface area contributed by atoms with Gasteiger partial charge in [-0.2, -0.15) is 0 Å². The van der Waals surface area contributed by atoms with Crippen LogP contribution >= 0.6 is 0 Å². The summed E-state index contributed by atoms with van der Waals surface area (Å²) in [6, 6.07) is 3.42. The zero-order valence-electron chi connectivity index (χ0n) is 9.17. The molecule has 1 rings (SSSR count). The SMILES string of the molecule is O=C(CS(=O)CC(O)CO)NCc1ccco1. The van der Waals surface area contributed by atoms with Crippen molar-refractivity contribution in [2.75, 3.05) is 18.1 Å². The van der Waals surface area contributed by atoms with E-state index in [0.717, 1.165) is 0 Å². The summed E-state index contributed by atoms with van der Waals surface area (Å²) in [6.07, 6.45) is 0.450. The third-order valence-electron chi connectivity index (χ3n) is 1.92. The molecule has 0 aliphatic carbocycles. The molecule has 0 spiro atoms. The van der Waals surface area contributed by atoms with E-state index in [2.05, 4.69) is 5.32 Å². The number of rotatable bonds is 7. The number of hydrogen-bond acceptors (Lipinski definition) is 5. The van der Waals surface area contributed by atoms with Crippen molar-refractivity contribution >= 4 is 16.7 Å². The first kappa shape index (κ1) is 13.9. The maximum absolute atomic E-state index is 11.3. The van der Waals surface area contributed by atoms with Crippen molar-refractivity contribution in [3.63, 3.8) is 0 Å². The van der Waals surface area contributed by atoms with Gasteiger partial charge < -0.3 is 19.9 Å². The minimum atomic E-state index is -1.48. The lowest BCUT2D eigenvalue weighted by Crippen LogP contribution is -2.31. The molecule has 0 aliphatic heterocycles. The largest absolute Gasteiger partial charge is 0.467 e. The van der Waals surface area contributed by atoms with Gasteiger partial charge in [-0.05, 0) is 12.1 Å². The Hall–Kier alpha value is -1.18. The fourth-order valence-electron chi connectivity index (χ4n) is 1.12. The summed E-state index contributed by atoms with van der Waals surface area (Å²) < 4.78 is 16.3. The minimum Gasteiger partial charge on any atom is -0.467 e. The van der Waals surface area contributed by atoms with E-state index < -0.39 is 23.5 Å². The molecule has 6 nitrogen and oxygen atoms in total. The van der Waals surface area contributed by atoms with Crippen LogP contribution in [0.2, 0.25) is 0 Å². The Balaban J connectivity index is 2.22. The summed E-state index contributed by atoms with van der Waals surface area (Å²) in [5.74, 6) is -0.0768.